The van der Waals surface area contributed by atoms with Crippen molar-refractivity contribution in [2.75, 3.05) is 11.9 Å². The zero-order valence-corrected chi connectivity index (χ0v) is 15.7. The molecule has 0 aliphatic carbocycles. The molecule has 2 rings (SSSR count). The smallest absolute Gasteiger partial charge is 0.264 e. The maximum Gasteiger partial charge on any atom is 0.264 e. The van der Waals surface area contributed by atoms with Crippen molar-refractivity contribution < 1.29 is 14.6 Å². The number of hydrogen-bond acceptors (Lipinski definition) is 4. The van der Waals surface area contributed by atoms with Crippen LogP contribution in [0, 0.1) is 20.8 Å². The number of carbonyl (C=O) groups excluding carboxylic acids is 1. The van der Waals surface area contributed by atoms with Gasteiger partial charge >= 0.3 is 0 Å². The zero-order chi connectivity index (χ0) is 18.6. The zero-order valence-electron chi connectivity index (χ0n) is 14.1. The van der Waals surface area contributed by atoms with Crippen LogP contribution in [0.5, 0.6) is 11.5 Å². The van der Waals surface area contributed by atoms with E-state index in [2.05, 4.69) is 10.6 Å². The summed E-state index contributed by atoms with van der Waals surface area (Å²) in [6.45, 7) is 5.35. The van der Waals surface area contributed by atoms with Gasteiger partial charge in [-0.25, -0.2) is 0 Å². The van der Waals surface area contributed by atoms with Crippen LogP contribution in [0.4, 0.5) is 5.69 Å². The molecular formula is C18H19ClN2O3S. The SMILES string of the molecule is Cc1cc(C)c(O)c(NC(=S)NC(=O)COc2ccc(Cl)c(C)c2)c1. The van der Waals surface area contributed by atoms with Crippen molar-refractivity contribution in [1.29, 1.82) is 0 Å². The van der Waals surface area contributed by atoms with E-state index in [9.17, 15) is 9.90 Å². The minimum atomic E-state index is -0.408. The maximum atomic E-state index is 11.9. The van der Waals surface area contributed by atoms with Gasteiger partial charge in [-0.2, -0.15) is 0 Å². The third-order valence-electron chi connectivity index (χ3n) is 3.45. The number of thiocarbonyl (C=S) groups is 1. The molecule has 25 heavy (non-hydrogen) atoms. The molecule has 132 valence electrons. The average Bonchev–Trinajstić information content (AvgIpc) is 2.53. The Morgan fingerprint density at radius 2 is 1.92 bits per heavy atom. The summed E-state index contributed by atoms with van der Waals surface area (Å²) < 4.78 is 5.41. The van der Waals surface area contributed by atoms with Gasteiger partial charge in [-0.15, -0.1) is 0 Å². The molecule has 3 N–H and O–H groups in total. The third kappa shape index (κ3) is 5.34. The van der Waals surface area contributed by atoms with Crippen LogP contribution >= 0.6 is 23.8 Å². The molecule has 0 atom stereocenters. The number of carbonyl (C=O) groups is 1. The highest BCUT2D eigenvalue weighted by molar-refractivity contribution is 7.80. The Bertz CT molecular complexity index is 824. The van der Waals surface area contributed by atoms with Gasteiger partial charge < -0.3 is 15.2 Å². The second kappa shape index (κ2) is 8.18. The number of amides is 1. The van der Waals surface area contributed by atoms with Crippen molar-refractivity contribution in [3.05, 3.63) is 52.0 Å². The van der Waals surface area contributed by atoms with Crippen molar-refractivity contribution in [3.63, 3.8) is 0 Å². The van der Waals surface area contributed by atoms with Crippen molar-refractivity contribution >= 4 is 40.5 Å². The van der Waals surface area contributed by atoms with Crippen LogP contribution in [-0.4, -0.2) is 22.7 Å². The molecule has 0 fully saturated rings. The number of anilines is 1. The Balaban J connectivity index is 1.90. The lowest BCUT2D eigenvalue weighted by Crippen LogP contribution is -2.37. The molecule has 0 aliphatic rings. The second-order valence-electron chi connectivity index (χ2n) is 5.68. The van der Waals surface area contributed by atoms with Crippen molar-refractivity contribution in [1.82, 2.24) is 5.32 Å². The third-order valence-corrected chi connectivity index (χ3v) is 4.07. The van der Waals surface area contributed by atoms with Crippen LogP contribution in [0.1, 0.15) is 16.7 Å². The van der Waals surface area contributed by atoms with Gasteiger partial charge in [0.05, 0.1) is 5.69 Å². The van der Waals surface area contributed by atoms with Crippen LogP contribution in [0.15, 0.2) is 30.3 Å². The van der Waals surface area contributed by atoms with Crippen LogP contribution < -0.4 is 15.4 Å². The molecule has 0 aromatic heterocycles. The van der Waals surface area contributed by atoms with E-state index in [1.54, 1.807) is 31.2 Å². The Kier molecular flexibility index (Phi) is 6.22. The molecule has 0 radical (unpaired) electrons. The number of halogens is 1. The molecule has 2 aromatic carbocycles. The highest BCUT2D eigenvalue weighted by atomic mass is 35.5. The minimum Gasteiger partial charge on any atom is -0.505 e. The molecule has 7 heteroatoms. The predicted octanol–water partition coefficient (Wildman–Crippen LogP) is 3.86. The number of aromatic hydroxyl groups is 1. The standard InChI is InChI=1S/C18H19ClN2O3S/c1-10-6-12(3)17(23)15(7-10)20-18(25)21-16(22)9-24-13-4-5-14(19)11(2)8-13/h4-8,23H,9H2,1-3H3,(H2,20,21,22,25). The number of benzene rings is 2. The first kappa shape index (κ1) is 19.0. The molecular weight excluding hydrogens is 360 g/mol. The Morgan fingerprint density at radius 3 is 2.60 bits per heavy atom. The first-order valence-electron chi connectivity index (χ1n) is 7.56. The van der Waals surface area contributed by atoms with E-state index in [1.807, 2.05) is 19.9 Å². The molecule has 2 aromatic rings. The molecule has 0 heterocycles. The van der Waals surface area contributed by atoms with Gasteiger partial charge in [0.2, 0.25) is 0 Å². The Hall–Kier alpha value is -2.31. The summed E-state index contributed by atoms with van der Waals surface area (Å²) in [7, 11) is 0. The minimum absolute atomic E-state index is 0.0844. The summed E-state index contributed by atoms with van der Waals surface area (Å²) in [5.74, 6) is 0.229. The highest BCUT2D eigenvalue weighted by Gasteiger charge is 2.10. The van der Waals surface area contributed by atoms with Crippen molar-refractivity contribution in [2.45, 2.75) is 20.8 Å². The van der Waals surface area contributed by atoms with E-state index in [-0.39, 0.29) is 17.5 Å². The van der Waals surface area contributed by atoms with E-state index in [1.165, 1.54) is 0 Å². The summed E-state index contributed by atoms with van der Waals surface area (Å²) in [5.41, 5.74) is 2.99. The average molecular weight is 379 g/mol. The summed E-state index contributed by atoms with van der Waals surface area (Å²) in [6, 6.07) is 8.74. The van der Waals surface area contributed by atoms with Gasteiger partial charge in [-0.3, -0.25) is 10.1 Å². The van der Waals surface area contributed by atoms with Gasteiger partial charge in [0.25, 0.3) is 5.91 Å². The van der Waals surface area contributed by atoms with Gasteiger partial charge in [0.15, 0.2) is 11.7 Å². The fourth-order valence-corrected chi connectivity index (χ4v) is 2.57. The Morgan fingerprint density at radius 1 is 1.20 bits per heavy atom. The van der Waals surface area contributed by atoms with Crippen molar-refractivity contribution in [3.8, 4) is 11.5 Å². The number of hydrogen-bond donors (Lipinski definition) is 3. The van der Waals surface area contributed by atoms with Crippen LogP contribution in [-0.2, 0) is 4.79 Å². The van der Waals surface area contributed by atoms with Crippen LogP contribution in [0.2, 0.25) is 5.02 Å². The van der Waals surface area contributed by atoms with E-state index >= 15 is 0 Å². The quantitative estimate of drug-likeness (QED) is 0.556. The number of aryl methyl sites for hydroxylation is 3. The van der Waals surface area contributed by atoms with E-state index in [0.717, 1.165) is 16.7 Å². The fourth-order valence-electron chi connectivity index (χ4n) is 2.23. The molecule has 1 amide bonds. The Labute approximate surface area is 157 Å². The summed E-state index contributed by atoms with van der Waals surface area (Å²) in [5, 5.41) is 16.1. The van der Waals surface area contributed by atoms with E-state index < -0.39 is 5.91 Å². The summed E-state index contributed by atoms with van der Waals surface area (Å²) in [6.07, 6.45) is 0. The lowest BCUT2D eigenvalue weighted by Gasteiger charge is -2.13. The summed E-state index contributed by atoms with van der Waals surface area (Å²) in [4.78, 5) is 11.9. The number of nitrogens with one attached hydrogen (secondary N) is 2. The van der Waals surface area contributed by atoms with Crippen LogP contribution in [0.25, 0.3) is 0 Å². The van der Waals surface area contributed by atoms with Gasteiger partial charge in [-0.1, -0.05) is 17.7 Å². The van der Waals surface area contributed by atoms with E-state index in [0.29, 0.717) is 16.5 Å². The molecule has 0 bridgehead atoms. The molecule has 0 aliphatic heterocycles. The molecule has 0 spiro atoms. The van der Waals surface area contributed by atoms with Gasteiger partial charge in [0, 0.05) is 5.02 Å². The first-order valence-corrected chi connectivity index (χ1v) is 8.35. The number of ether oxygens (including phenoxy) is 1. The molecule has 0 saturated carbocycles. The highest BCUT2D eigenvalue weighted by Crippen LogP contribution is 2.28. The van der Waals surface area contributed by atoms with Gasteiger partial charge in [-0.05, 0) is 73.9 Å². The number of phenols is 1. The summed E-state index contributed by atoms with van der Waals surface area (Å²) >= 11 is 11.0. The lowest BCUT2D eigenvalue weighted by molar-refractivity contribution is -0.121. The normalized spacial score (nSPS) is 10.2. The topological polar surface area (TPSA) is 70.6 Å². The second-order valence-corrected chi connectivity index (χ2v) is 6.50. The van der Waals surface area contributed by atoms with Crippen molar-refractivity contribution in [2.24, 2.45) is 0 Å². The predicted molar refractivity (Wildman–Crippen MR) is 104 cm³/mol. The lowest BCUT2D eigenvalue weighted by atomic mass is 10.1. The van der Waals surface area contributed by atoms with Crippen LogP contribution in [0.3, 0.4) is 0 Å². The molecule has 5 nitrogen and oxygen atoms in total. The monoisotopic (exact) mass is 378 g/mol. The number of phenolic OH excluding ortho intramolecular Hbond substituents is 1. The molecule has 0 unspecified atom stereocenters. The number of rotatable bonds is 4. The van der Waals surface area contributed by atoms with E-state index in [4.69, 9.17) is 28.6 Å². The maximum absolute atomic E-state index is 11.9. The largest absolute Gasteiger partial charge is 0.505 e. The molecule has 0 saturated heterocycles. The van der Waals surface area contributed by atoms with Gasteiger partial charge in [0.1, 0.15) is 11.5 Å². The fraction of sp³-hybridized carbons (Fsp3) is 0.222. The first-order chi connectivity index (χ1) is 11.8.